The van der Waals surface area contributed by atoms with Crippen molar-refractivity contribution in [2.24, 2.45) is 0 Å². The Balaban J connectivity index is 2.60. The van der Waals surface area contributed by atoms with E-state index in [9.17, 15) is 13.5 Å². The predicted molar refractivity (Wildman–Crippen MR) is 76.3 cm³/mol. The van der Waals surface area contributed by atoms with E-state index in [-0.39, 0.29) is 11.5 Å². The van der Waals surface area contributed by atoms with E-state index in [1.165, 1.54) is 0 Å². The van der Waals surface area contributed by atoms with E-state index in [4.69, 9.17) is 4.74 Å². The third-order valence-electron chi connectivity index (χ3n) is 2.92. The number of hydrogen-bond acceptors (Lipinski definition) is 4. The molecule has 0 aliphatic carbocycles. The van der Waals surface area contributed by atoms with Gasteiger partial charge in [0.15, 0.2) is 0 Å². The minimum Gasteiger partial charge on any atom is -0.493 e. The average molecular weight is 286 g/mol. The van der Waals surface area contributed by atoms with E-state index in [0.29, 0.717) is 18.8 Å². The molecule has 0 spiro atoms. The maximum atomic E-state index is 11.3. The lowest BCUT2D eigenvalue weighted by molar-refractivity contribution is 0.191. The number of aliphatic hydroxyl groups excluding tert-OH is 1. The summed E-state index contributed by atoms with van der Waals surface area (Å²) in [5, 5.41) is 9.64. The van der Waals surface area contributed by atoms with Crippen molar-refractivity contribution < 1.29 is 18.3 Å². The summed E-state index contributed by atoms with van der Waals surface area (Å²) in [6.07, 6.45) is -0.140. The van der Waals surface area contributed by atoms with Crippen molar-refractivity contribution in [2.45, 2.75) is 33.3 Å². The van der Waals surface area contributed by atoms with E-state index >= 15 is 0 Å². The summed E-state index contributed by atoms with van der Waals surface area (Å²) >= 11 is 0. The molecule has 0 saturated heterocycles. The monoisotopic (exact) mass is 286 g/mol. The van der Waals surface area contributed by atoms with Crippen LogP contribution in [-0.4, -0.2) is 31.6 Å². The second kappa shape index (κ2) is 6.91. The van der Waals surface area contributed by atoms with Crippen molar-refractivity contribution in [3.05, 3.63) is 29.3 Å². The molecular formula is C14H22O4S. The van der Waals surface area contributed by atoms with Crippen molar-refractivity contribution in [2.75, 3.05) is 18.1 Å². The lowest BCUT2D eigenvalue weighted by Gasteiger charge is -2.14. The van der Waals surface area contributed by atoms with E-state index in [0.717, 1.165) is 11.1 Å². The Kier molecular flexibility index (Phi) is 5.82. The summed E-state index contributed by atoms with van der Waals surface area (Å²) in [6, 6.07) is 5.60. The van der Waals surface area contributed by atoms with E-state index in [1.807, 2.05) is 25.1 Å². The highest BCUT2D eigenvalue weighted by molar-refractivity contribution is 7.91. The topological polar surface area (TPSA) is 63.6 Å². The molecule has 0 unspecified atom stereocenters. The molecule has 1 aromatic carbocycles. The van der Waals surface area contributed by atoms with Gasteiger partial charge in [-0.15, -0.1) is 0 Å². The largest absolute Gasteiger partial charge is 0.493 e. The molecule has 0 bridgehead atoms. The van der Waals surface area contributed by atoms with Gasteiger partial charge >= 0.3 is 0 Å². The van der Waals surface area contributed by atoms with Gasteiger partial charge in [-0.25, -0.2) is 8.42 Å². The van der Waals surface area contributed by atoms with Crippen LogP contribution in [0.5, 0.6) is 5.75 Å². The van der Waals surface area contributed by atoms with Gasteiger partial charge in [-0.2, -0.15) is 0 Å². The summed E-state index contributed by atoms with van der Waals surface area (Å²) < 4.78 is 28.3. The van der Waals surface area contributed by atoms with Crippen LogP contribution in [0.4, 0.5) is 0 Å². The number of aryl methyl sites for hydroxylation is 1. The predicted octanol–water partition coefficient (Wildman–Crippen LogP) is 2.25. The van der Waals surface area contributed by atoms with E-state index in [2.05, 4.69) is 0 Å². The van der Waals surface area contributed by atoms with Crippen LogP contribution in [-0.2, 0) is 9.84 Å². The molecular weight excluding hydrogens is 264 g/mol. The quantitative estimate of drug-likeness (QED) is 0.781. The lowest BCUT2D eigenvalue weighted by atomic mass is 10.1. The first-order valence-corrected chi connectivity index (χ1v) is 8.29. The van der Waals surface area contributed by atoms with Gasteiger partial charge in [-0.3, -0.25) is 0 Å². The highest BCUT2D eigenvalue weighted by Crippen LogP contribution is 2.26. The van der Waals surface area contributed by atoms with Gasteiger partial charge in [0.05, 0.1) is 18.5 Å². The van der Waals surface area contributed by atoms with Gasteiger partial charge < -0.3 is 9.84 Å². The fourth-order valence-electron chi connectivity index (χ4n) is 1.72. The molecule has 1 atom stereocenters. The molecule has 1 aromatic rings. The average Bonchev–Trinajstić information content (AvgIpc) is 2.34. The SMILES string of the molecule is CCS(=O)(=O)CCCOc1cc(C)ccc1[C@H](C)O. The van der Waals surface area contributed by atoms with E-state index < -0.39 is 15.9 Å². The van der Waals surface area contributed by atoms with Gasteiger partial charge in [0.25, 0.3) is 0 Å². The zero-order valence-electron chi connectivity index (χ0n) is 11.7. The second-order valence-electron chi connectivity index (χ2n) is 4.66. The van der Waals surface area contributed by atoms with Gasteiger partial charge in [0.1, 0.15) is 15.6 Å². The van der Waals surface area contributed by atoms with Crippen LogP contribution < -0.4 is 4.74 Å². The van der Waals surface area contributed by atoms with Crippen LogP contribution in [0.2, 0.25) is 0 Å². The molecule has 1 rings (SSSR count). The summed E-state index contributed by atoms with van der Waals surface area (Å²) in [6.45, 7) is 5.60. The number of hydrogen-bond donors (Lipinski definition) is 1. The molecule has 0 heterocycles. The first kappa shape index (κ1) is 16.0. The number of benzene rings is 1. The fraction of sp³-hybridized carbons (Fsp3) is 0.571. The minimum absolute atomic E-state index is 0.138. The Bertz CT molecular complexity index is 506. The third-order valence-corrected chi connectivity index (χ3v) is 4.71. The summed E-state index contributed by atoms with van der Waals surface area (Å²) in [5.41, 5.74) is 1.77. The summed E-state index contributed by atoms with van der Waals surface area (Å²) in [4.78, 5) is 0. The number of sulfone groups is 1. The highest BCUT2D eigenvalue weighted by atomic mass is 32.2. The standard InChI is InChI=1S/C14H22O4S/c1-4-19(16,17)9-5-8-18-14-10-11(2)6-7-13(14)12(3)15/h6-7,10,12,15H,4-5,8-9H2,1-3H3/t12-/m0/s1. The molecule has 108 valence electrons. The van der Waals surface area contributed by atoms with Crippen LogP contribution in [0, 0.1) is 6.92 Å². The van der Waals surface area contributed by atoms with Crippen LogP contribution >= 0.6 is 0 Å². The number of aliphatic hydroxyl groups is 1. The lowest BCUT2D eigenvalue weighted by Crippen LogP contribution is -2.12. The van der Waals surface area contributed by atoms with Gasteiger partial charge in [-0.05, 0) is 31.9 Å². The van der Waals surface area contributed by atoms with Crippen molar-refractivity contribution >= 4 is 9.84 Å². The molecule has 0 saturated carbocycles. The Labute approximate surface area is 115 Å². The van der Waals surface area contributed by atoms with Crippen molar-refractivity contribution in [3.63, 3.8) is 0 Å². The first-order chi connectivity index (χ1) is 8.85. The van der Waals surface area contributed by atoms with Crippen molar-refractivity contribution in [1.29, 1.82) is 0 Å². The molecule has 4 nitrogen and oxygen atoms in total. The van der Waals surface area contributed by atoms with Crippen LogP contribution in [0.3, 0.4) is 0 Å². The zero-order chi connectivity index (χ0) is 14.5. The van der Waals surface area contributed by atoms with Crippen molar-refractivity contribution in [1.82, 2.24) is 0 Å². The zero-order valence-corrected chi connectivity index (χ0v) is 12.5. The van der Waals surface area contributed by atoms with Crippen LogP contribution in [0.25, 0.3) is 0 Å². The fourth-order valence-corrected chi connectivity index (χ4v) is 2.56. The molecule has 5 heteroatoms. The van der Waals surface area contributed by atoms with Gasteiger partial charge in [0, 0.05) is 11.3 Å². The van der Waals surface area contributed by atoms with Crippen LogP contribution in [0.15, 0.2) is 18.2 Å². The minimum atomic E-state index is -2.94. The van der Waals surface area contributed by atoms with Crippen molar-refractivity contribution in [3.8, 4) is 5.75 Å². The van der Waals surface area contributed by atoms with Gasteiger partial charge in [0.2, 0.25) is 0 Å². The molecule has 0 aliphatic rings. The Morgan fingerprint density at radius 2 is 2.05 bits per heavy atom. The summed E-state index contributed by atoms with van der Waals surface area (Å²) in [5.74, 6) is 0.930. The maximum absolute atomic E-state index is 11.3. The van der Waals surface area contributed by atoms with E-state index in [1.54, 1.807) is 13.8 Å². The molecule has 19 heavy (non-hydrogen) atoms. The highest BCUT2D eigenvalue weighted by Gasteiger charge is 2.10. The molecule has 0 amide bonds. The molecule has 1 N–H and O–H groups in total. The number of ether oxygens (including phenoxy) is 1. The third kappa shape index (κ3) is 5.20. The molecule has 0 radical (unpaired) electrons. The number of rotatable bonds is 7. The smallest absolute Gasteiger partial charge is 0.150 e. The molecule has 0 aliphatic heterocycles. The first-order valence-electron chi connectivity index (χ1n) is 6.47. The Hall–Kier alpha value is -1.07. The molecule has 0 aromatic heterocycles. The van der Waals surface area contributed by atoms with Gasteiger partial charge in [-0.1, -0.05) is 19.1 Å². The Morgan fingerprint density at radius 1 is 1.37 bits per heavy atom. The Morgan fingerprint density at radius 3 is 2.63 bits per heavy atom. The maximum Gasteiger partial charge on any atom is 0.150 e. The normalized spacial score (nSPS) is 13.3. The second-order valence-corrected chi connectivity index (χ2v) is 7.13. The molecule has 0 fully saturated rings. The van der Waals surface area contributed by atoms with Crippen LogP contribution in [0.1, 0.15) is 37.5 Å². The summed E-state index contributed by atoms with van der Waals surface area (Å²) in [7, 11) is -2.94.